The summed E-state index contributed by atoms with van der Waals surface area (Å²) in [6.45, 7) is 0.834. The zero-order valence-electron chi connectivity index (χ0n) is 9.18. The standard InChI is InChI=1S/C13H14N2S/c1-16-13-8-7-12(10-15-13)14-9-11-5-3-2-4-6-11/h2-8,10,14H,9H2,1H3. The van der Waals surface area contributed by atoms with Crippen molar-refractivity contribution < 1.29 is 0 Å². The molecule has 16 heavy (non-hydrogen) atoms. The van der Waals surface area contributed by atoms with Crippen LogP contribution in [0.1, 0.15) is 5.56 Å². The molecule has 0 spiro atoms. The van der Waals surface area contributed by atoms with Gasteiger partial charge in [-0.3, -0.25) is 0 Å². The SMILES string of the molecule is CSc1ccc(NCc2ccccc2)cn1. The molecule has 2 aromatic rings. The minimum atomic E-state index is 0.834. The Bertz CT molecular complexity index is 425. The van der Waals surface area contributed by atoms with E-state index in [4.69, 9.17) is 0 Å². The van der Waals surface area contributed by atoms with Crippen LogP contribution in [0.5, 0.6) is 0 Å². The lowest BCUT2D eigenvalue weighted by Crippen LogP contribution is -1.99. The average molecular weight is 230 g/mol. The number of hydrogen-bond acceptors (Lipinski definition) is 3. The van der Waals surface area contributed by atoms with Crippen molar-refractivity contribution in [2.45, 2.75) is 11.6 Å². The molecule has 0 radical (unpaired) electrons. The first-order valence-corrected chi connectivity index (χ1v) is 6.39. The Morgan fingerprint density at radius 1 is 1.12 bits per heavy atom. The molecule has 2 nitrogen and oxygen atoms in total. The van der Waals surface area contributed by atoms with Crippen molar-refractivity contribution in [2.24, 2.45) is 0 Å². The Morgan fingerprint density at radius 2 is 1.94 bits per heavy atom. The van der Waals surface area contributed by atoms with Crippen molar-refractivity contribution in [3.05, 3.63) is 54.2 Å². The van der Waals surface area contributed by atoms with Gasteiger partial charge >= 0.3 is 0 Å². The third kappa shape index (κ3) is 3.00. The second-order valence-corrected chi connectivity index (χ2v) is 4.25. The van der Waals surface area contributed by atoms with Crippen molar-refractivity contribution in [2.75, 3.05) is 11.6 Å². The fraction of sp³-hybridized carbons (Fsp3) is 0.154. The van der Waals surface area contributed by atoms with Crippen LogP contribution in [0, 0.1) is 0 Å². The quantitative estimate of drug-likeness (QED) is 0.815. The van der Waals surface area contributed by atoms with Gasteiger partial charge in [-0.1, -0.05) is 30.3 Å². The summed E-state index contributed by atoms with van der Waals surface area (Å²) in [7, 11) is 0. The molecule has 0 atom stereocenters. The number of thioether (sulfide) groups is 1. The molecule has 0 saturated heterocycles. The van der Waals surface area contributed by atoms with Gasteiger partial charge in [0.25, 0.3) is 0 Å². The number of aromatic nitrogens is 1. The number of benzene rings is 1. The summed E-state index contributed by atoms with van der Waals surface area (Å²) >= 11 is 1.65. The zero-order valence-corrected chi connectivity index (χ0v) is 10.00. The molecule has 2 rings (SSSR count). The summed E-state index contributed by atoms with van der Waals surface area (Å²) in [6.07, 6.45) is 3.90. The van der Waals surface area contributed by atoms with Crippen LogP contribution < -0.4 is 5.32 Å². The Labute approximate surface area is 100 Å². The second kappa shape index (κ2) is 5.56. The average Bonchev–Trinajstić information content (AvgIpc) is 2.38. The third-order valence-electron chi connectivity index (χ3n) is 2.28. The predicted molar refractivity (Wildman–Crippen MR) is 69.8 cm³/mol. The van der Waals surface area contributed by atoms with Crippen molar-refractivity contribution >= 4 is 17.4 Å². The summed E-state index contributed by atoms with van der Waals surface area (Å²) in [5, 5.41) is 4.39. The molecular weight excluding hydrogens is 216 g/mol. The molecule has 0 unspecified atom stereocenters. The van der Waals surface area contributed by atoms with Gasteiger partial charge in [0.15, 0.2) is 0 Å². The van der Waals surface area contributed by atoms with Gasteiger partial charge in [0, 0.05) is 6.54 Å². The number of hydrogen-bond donors (Lipinski definition) is 1. The van der Waals surface area contributed by atoms with Gasteiger partial charge < -0.3 is 5.32 Å². The van der Waals surface area contributed by atoms with Crippen LogP contribution in [-0.4, -0.2) is 11.2 Å². The first-order chi connectivity index (χ1) is 7.88. The number of pyridine rings is 1. The third-order valence-corrected chi connectivity index (χ3v) is 2.94. The van der Waals surface area contributed by atoms with E-state index in [0.717, 1.165) is 17.3 Å². The maximum atomic E-state index is 4.31. The molecule has 0 saturated carbocycles. The van der Waals surface area contributed by atoms with E-state index in [1.54, 1.807) is 11.8 Å². The molecule has 0 aliphatic carbocycles. The Balaban J connectivity index is 1.94. The molecule has 1 aromatic heterocycles. The number of anilines is 1. The van der Waals surface area contributed by atoms with Gasteiger partial charge in [0.05, 0.1) is 16.9 Å². The van der Waals surface area contributed by atoms with Crippen LogP contribution in [0.25, 0.3) is 0 Å². The van der Waals surface area contributed by atoms with Crippen molar-refractivity contribution in [3.63, 3.8) is 0 Å². The summed E-state index contributed by atoms with van der Waals surface area (Å²) in [6, 6.07) is 14.4. The smallest absolute Gasteiger partial charge is 0.0958 e. The van der Waals surface area contributed by atoms with E-state index in [-0.39, 0.29) is 0 Å². The molecular formula is C13H14N2S. The largest absolute Gasteiger partial charge is 0.380 e. The van der Waals surface area contributed by atoms with Crippen molar-refractivity contribution in [1.29, 1.82) is 0 Å². The molecule has 0 bridgehead atoms. The molecule has 3 heteroatoms. The normalized spacial score (nSPS) is 10.1. The molecule has 0 aliphatic rings. The maximum absolute atomic E-state index is 4.31. The van der Waals surface area contributed by atoms with Gasteiger partial charge in [-0.2, -0.15) is 0 Å². The minimum Gasteiger partial charge on any atom is -0.380 e. The van der Waals surface area contributed by atoms with E-state index in [1.165, 1.54) is 5.56 Å². The van der Waals surface area contributed by atoms with Crippen LogP contribution >= 0.6 is 11.8 Å². The minimum absolute atomic E-state index is 0.834. The van der Waals surface area contributed by atoms with E-state index >= 15 is 0 Å². The lowest BCUT2D eigenvalue weighted by molar-refractivity contribution is 1.10. The van der Waals surface area contributed by atoms with Crippen LogP contribution in [0.2, 0.25) is 0 Å². The van der Waals surface area contributed by atoms with Gasteiger partial charge in [-0.15, -0.1) is 11.8 Å². The van der Waals surface area contributed by atoms with Crippen LogP contribution in [0.3, 0.4) is 0 Å². The van der Waals surface area contributed by atoms with Crippen LogP contribution in [0.15, 0.2) is 53.7 Å². The van der Waals surface area contributed by atoms with Gasteiger partial charge in [-0.25, -0.2) is 4.98 Å². The first-order valence-electron chi connectivity index (χ1n) is 5.16. The highest BCUT2D eigenvalue weighted by Gasteiger charge is 1.94. The van der Waals surface area contributed by atoms with E-state index in [2.05, 4.69) is 28.5 Å². The Morgan fingerprint density at radius 3 is 2.56 bits per heavy atom. The fourth-order valence-electron chi connectivity index (χ4n) is 1.41. The molecule has 1 N–H and O–H groups in total. The summed E-state index contributed by atoms with van der Waals surface area (Å²) < 4.78 is 0. The van der Waals surface area contributed by atoms with Crippen molar-refractivity contribution in [1.82, 2.24) is 4.98 Å². The Hall–Kier alpha value is -1.48. The topological polar surface area (TPSA) is 24.9 Å². The summed E-state index contributed by atoms with van der Waals surface area (Å²) in [4.78, 5) is 4.31. The molecule has 0 amide bonds. The number of nitrogens with zero attached hydrogens (tertiary/aromatic N) is 1. The van der Waals surface area contributed by atoms with Gasteiger partial charge in [0.1, 0.15) is 0 Å². The molecule has 82 valence electrons. The number of nitrogens with one attached hydrogen (secondary N) is 1. The number of rotatable bonds is 4. The Kier molecular flexibility index (Phi) is 3.83. The predicted octanol–water partition coefficient (Wildman–Crippen LogP) is 3.42. The van der Waals surface area contributed by atoms with Crippen molar-refractivity contribution in [3.8, 4) is 0 Å². The first kappa shape index (κ1) is 11.0. The lowest BCUT2D eigenvalue weighted by atomic mass is 10.2. The molecule has 0 aliphatic heterocycles. The lowest BCUT2D eigenvalue weighted by Gasteiger charge is -2.06. The van der Waals surface area contributed by atoms with E-state index < -0.39 is 0 Å². The highest BCUT2D eigenvalue weighted by Crippen LogP contribution is 2.14. The maximum Gasteiger partial charge on any atom is 0.0958 e. The monoisotopic (exact) mass is 230 g/mol. The summed E-state index contributed by atoms with van der Waals surface area (Å²) in [5.41, 5.74) is 2.33. The van der Waals surface area contributed by atoms with Gasteiger partial charge in [0.2, 0.25) is 0 Å². The van der Waals surface area contributed by atoms with Crippen LogP contribution in [-0.2, 0) is 6.54 Å². The van der Waals surface area contributed by atoms with Crippen LogP contribution in [0.4, 0.5) is 5.69 Å². The summed E-state index contributed by atoms with van der Waals surface area (Å²) in [5.74, 6) is 0. The molecule has 1 heterocycles. The molecule has 1 aromatic carbocycles. The van der Waals surface area contributed by atoms with E-state index in [0.29, 0.717) is 0 Å². The van der Waals surface area contributed by atoms with Gasteiger partial charge in [-0.05, 0) is 24.0 Å². The second-order valence-electron chi connectivity index (χ2n) is 3.43. The van der Waals surface area contributed by atoms with E-state index in [9.17, 15) is 0 Å². The van der Waals surface area contributed by atoms with E-state index in [1.807, 2.05) is 36.7 Å². The fourth-order valence-corrected chi connectivity index (χ4v) is 1.77. The highest BCUT2D eigenvalue weighted by atomic mass is 32.2. The zero-order chi connectivity index (χ0) is 11.2. The highest BCUT2D eigenvalue weighted by molar-refractivity contribution is 7.98. The molecule has 0 fully saturated rings.